The van der Waals surface area contributed by atoms with Gasteiger partial charge in [-0.05, 0) is 37.3 Å². The van der Waals surface area contributed by atoms with Crippen molar-refractivity contribution >= 4 is 11.8 Å². The summed E-state index contributed by atoms with van der Waals surface area (Å²) in [5, 5.41) is 4.59. The van der Waals surface area contributed by atoms with Gasteiger partial charge in [0.1, 0.15) is 11.5 Å². The van der Waals surface area contributed by atoms with E-state index in [1.54, 1.807) is 44.2 Å². The minimum absolute atomic E-state index is 0.0409. The first kappa shape index (κ1) is 20.3. The Balaban J connectivity index is 2.05. The highest BCUT2D eigenvalue weighted by Crippen LogP contribution is 2.25. The predicted octanol–water partition coefficient (Wildman–Crippen LogP) is 3.15. The fourth-order valence-corrected chi connectivity index (χ4v) is 2.88. The van der Waals surface area contributed by atoms with Gasteiger partial charge in [-0.25, -0.2) is 9.07 Å². The number of halogens is 1. The maximum Gasteiger partial charge on any atom is 0.257 e. The molecule has 0 unspecified atom stereocenters. The van der Waals surface area contributed by atoms with Crippen LogP contribution in [0.2, 0.25) is 0 Å². The van der Waals surface area contributed by atoms with Gasteiger partial charge in [-0.1, -0.05) is 23.8 Å². The third kappa shape index (κ3) is 4.51. The van der Waals surface area contributed by atoms with Gasteiger partial charge in [0, 0.05) is 32.9 Å². The first-order chi connectivity index (χ1) is 13.8. The third-order valence-electron chi connectivity index (χ3n) is 4.55. The van der Waals surface area contributed by atoms with E-state index >= 15 is 0 Å². The molecule has 1 aromatic heterocycles. The van der Waals surface area contributed by atoms with Crippen LogP contribution in [0.5, 0.6) is 0 Å². The second-order valence-corrected chi connectivity index (χ2v) is 7.13. The number of hydrogen-bond acceptors (Lipinski definition) is 3. The molecule has 6 nitrogen and oxygen atoms in total. The second kappa shape index (κ2) is 8.26. The van der Waals surface area contributed by atoms with Crippen molar-refractivity contribution in [2.75, 3.05) is 27.7 Å². The lowest BCUT2D eigenvalue weighted by atomic mass is 10.1. The summed E-state index contributed by atoms with van der Waals surface area (Å²) in [5.74, 6) is -0.841. The van der Waals surface area contributed by atoms with Gasteiger partial charge in [-0.15, -0.1) is 0 Å². The Morgan fingerprint density at radius 1 is 1.07 bits per heavy atom. The number of benzene rings is 2. The molecule has 0 aliphatic carbocycles. The van der Waals surface area contributed by atoms with Gasteiger partial charge in [0.05, 0.1) is 17.8 Å². The van der Waals surface area contributed by atoms with Gasteiger partial charge in [0.25, 0.3) is 5.91 Å². The highest BCUT2D eigenvalue weighted by Gasteiger charge is 2.23. The van der Waals surface area contributed by atoms with Gasteiger partial charge in [-0.3, -0.25) is 9.59 Å². The predicted molar refractivity (Wildman–Crippen MR) is 109 cm³/mol. The summed E-state index contributed by atoms with van der Waals surface area (Å²) in [5.41, 5.74) is 3.34. The van der Waals surface area contributed by atoms with E-state index in [0.717, 1.165) is 11.1 Å². The van der Waals surface area contributed by atoms with E-state index < -0.39 is 0 Å². The number of aryl methyl sites for hydroxylation is 1. The van der Waals surface area contributed by atoms with Crippen LogP contribution >= 0.6 is 0 Å². The van der Waals surface area contributed by atoms with Crippen molar-refractivity contribution < 1.29 is 14.0 Å². The van der Waals surface area contributed by atoms with E-state index in [9.17, 15) is 14.0 Å². The van der Waals surface area contributed by atoms with Gasteiger partial charge in [-0.2, -0.15) is 5.10 Å². The molecule has 0 aliphatic heterocycles. The van der Waals surface area contributed by atoms with E-state index in [-0.39, 0.29) is 24.2 Å². The summed E-state index contributed by atoms with van der Waals surface area (Å²) in [7, 11) is 4.87. The molecular weight excluding hydrogens is 371 g/mol. The van der Waals surface area contributed by atoms with Crippen LogP contribution in [0.15, 0.2) is 54.7 Å². The highest BCUT2D eigenvalue weighted by atomic mass is 19.1. The molecule has 2 aromatic carbocycles. The molecule has 1 heterocycles. The molecule has 0 bridgehead atoms. The second-order valence-electron chi connectivity index (χ2n) is 7.13. The molecule has 0 saturated carbocycles. The van der Waals surface area contributed by atoms with Crippen LogP contribution in [0.3, 0.4) is 0 Å². The molecule has 3 aromatic rings. The quantitative estimate of drug-likeness (QED) is 0.668. The third-order valence-corrected chi connectivity index (χ3v) is 4.55. The Bertz CT molecular complexity index is 1040. The number of amides is 2. The van der Waals surface area contributed by atoms with E-state index in [4.69, 9.17) is 0 Å². The molecule has 0 saturated heterocycles. The molecule has 7 heteroatoms. The van der Waals surface area contributed by atoms with Gasteiger partial charge < -0.3 is 9.80 Å². The standard InChI is InChI=1S/C22H23FN4O2/c1-15-6-5-7-16(12-15)21-19(22(29)26(4)14-20(28)25(2)3)13-27(24-21)18-10-8-17(23)9-11-18/h5-13H,14H2,1-4H3. The van der Waals surface area contributed by atoms with Crippen LogP contribution in [0, 0.1) is 12.7 Å². The smallest absolute Gasteiger partial charge is 0.257 e. The van der Waals surface area contributed by atoms with Crippen LogP contribution in [0.4, 0.5) is 4.39 Å². The highest BCUT2D eigenvalue weighted by molar-refractivity contribution is 6.01. The van der Waals surface area contributed by atoms with Crippen molar-refractivity contribution in [1.29, 1.82) is 0 Å². The number of nitrogens with zero attached hydrogens (tertiary/aromatic N) is 4. The maximum absolute atomic E-state index is 13.3. The maximum atomic E-state index is 13.3. The van der Waals surface area contributed by atoms with Crippen molar-refractivity contribution in [3.05, 3.63) is 71.7 Å². The number of aromatic nitrogens is 2. The first-order valence-electron chi connectivity index (χ1n) is 9.14. The average molecular weight is 394 g/mol. The molecule has 0 spiro atoms. The molecule has 0 atom stereocenters. The SMILES string of the molecule is Cc1cccc(-c2nn(-c3ccc(F)cc3)cc2C(=O)N(C)CC(=O)N(C)C)c1. The van der Waals surface area contributed by atoms with Crippen LogP contribution in [-0.2, 0) is 4.79 Å². The summed E-state index contributed by atoms with van der Waals surface area (Å²) in [6, 6.07) is 13.6. The molecule has 2 amide bonds. The number of likely N-dealkylation sites (N-methyl/N-ethyl adjacent to an activating group) is 2. The molecule has 29 heavy (non-hydrogen) atoms. The minimum atomic E-state index is -0.349. The van der Waals surface area contributed by atoms with Crippen molar-refractivity contribution in [3.63, 3.8) is 0 Å². The van der Waals surface area contributed by atoms with Crippen molar-refractivity contribution in [2.24, 2.45) is 0 Å². The summed E-state index contributed by atoms with van der Waals surface area (Å²) >= 11 is 0. The fraction of sp³-hybridized carbons (Fsp3) is 0.227. The van der Waals surface area contributed by atoms with Crippen molar-refractivity contribution in [1.82, 2.24) is 19.6 Å². The molecule has 3 rings (SSSR count). The zero-order chi connectivity index (χ0) is 21.1. The Kier molecular flexibility index (Phi) is 5.77. The van der Waals surface area contributed by atoms with E-state index in [0.29, 0.717) is 16.9 Å². The van der Waals surface area contributed by atoms with Crippen molar-refractivity contribution in [2.45, 2.75) is 6.92 Å². The summed E-state index contributed by atoms with van der Waals surface area (Å²) < 4.78 is 14.8. The van der Waals surface area contributed by atoms with E-state index in [1.807, 2.05) is 31.2 Å². The zero-order valence-corrected chi connectivity index (χ0v) is 16.9. The van der Waals surface area contributed by atoms with E-state index in [1.165, 1.54) is 21.9 Å². The number of hydrogen-bond donors (Lipinski definition) is 0. The first-order valence-corrected chi connectivity index (χ1v) is 9.14. The van der Waals surface area contributed by atoms with Crippen LogP contribution in [0.1, 0.15) is 15.9 Å². The van der Waals surface area contributed by atoms with E-state index in [2.05, 4.69) is 5.10 Å². The molecule has 0 radical (unpaired) electrons. The lowest BCUT2D eigenvalue weighted by Gasteiger charge is -2.19. The Labute approximate surface area is 169 Å². The topological polar surface area (TPSA) is 58.4 Å². The van der Waals surface area contributed by atoms with Gasteiger partial charge >= 0.3 is 0 Å². The van der Waals surface area contributed by atoms with Gasteiger partial charge in [0.2, 0.25) is 5.91 Å². The minimum Gasteiger partial charge on any atom is -0.347 e. The Hall–Kier alpha value is -3.48. The average Bonchev–Trinajstić information content (AvgIpc) is 3.13. The Morgan fingerprint density at radius 3 is 2.38 bits per heavy atom. The molecule has 150 valence electrons. The number of rotatable bonds is 5. The summed E-state index contributed by atoms with van der Waals surface area (Å²) in [4.78, 5) is 28.0. The largest absolute Gasteiger partial charge is 0.347 e. The number of carbonyl (C=O) groups is 2. The molecule has 0 aliphatic rings. The number of carbonyl (C=O) groups excluding carboxylic acids is 2. The normalized spacial score (nSPS) is 10.7. The Morgan fingerprint density at radius 2 is 1.76 bits per heavy atom. The van der Waals surface area contributed by atoms with Gasteiger partial charge in [0.15, 0.2) is 0 Å². The van der Waals surface area contributed by atoms with Crippen LogP contribution in [0.25, 0.3) is 16.9 Å². The van der Waals surface area contributed by atoms with Crippen LogP contribution in [-0.4, -0.2) is 59.1 Å². The fourth-order valence-electron chi connectivity index (χ4n) is 2.88. The lowest BCUT2D eigenvalue weighted by Crippen LogP contribution is -2.37. The summed E-state index contributed by atoms with van der Waals surface area (Å²) in [6.45, 7) is 1.92. The monoisotopic (exact) mass is 394 g/mol. The van der Waals surface area contributed by atoms with Crippen LogP contribution < -0.4 is 0 Å². The molecule has 0 fully saturated rings. The zero-order valence-electron chi connectivity index (χ0n) is 16.9. The van der Waals surface area contributed by atoms with Crippen molar-refractivity contribution in [3.8, 4) is 16.9 Å². The summed E-state index contributed by atoms with van der Waals surface area (Å²) in [6.07, 6.45) is 1.61. The lowest BCUT2D eigenvalue weighted by molar-refractivity contribution is -0.129. The molecule has 0 N–H and O–H groups in total. The molecular formula is C22H23FN4O2.